The van der Waals surface area contributed by atoms with Crippen molar-refractivity contribution in [1.82, 2.24) is 5.32 Å². The lowest BCUT2D eigenvalue weighted by atomic mass is 10.2. The summed E-state index contributed by atoms with van der Waals surface area (Å²) in [6, 6.07) is 16.3. The first-order valence-electron chi connectivity index (χ1n) is 7.01. The summed E-state index contributed by atoms with van der Waals surface area (Å²) in [5.74, 6) is -0.982. The van der Waals surface area contributed by atoms with Crippen molar-refractivity contribution in [3.05, 3.63) is 76.4 Å². The Bertz CT molecular complexity index is 726. The summed E-state index contributed by atoms with van der Waals surface area (Å²) in [6.07, 6.45) is 1.50. The summed E-state index contributed by atoms with van der Waals surface area (Å²) in [5.41, 5.74) is 1.52. The van der Waals surface area contributed by atoms with E-state index in [1.165, 1.54) is 13.0 Å². The van der Waals surface area contributed by atoms with Crippen molar-refractivity contribution in [1.29, 1.82) is 0 Å². The van der Waals surface area contributed by atoms with E-state index >= 15 is 0 Å². The maximum atomic E-state index is 12.2. The standard InChI is InChI=1S/C18H16ClNO3/c1-13(21)20-17(11-15-9-5-6-10-16(15)19)18(22)23-12-14-7-3-2-4-8-14/h2-11H,12H2,1H3,(H,20,21)/b17-11-. The lowest BCUT2D eigenvalue weighted by Gasteiger charge is -2.09. The number of hydrogen-bond donors (Lipinski definition) is 1. The maximum Gasteiger partial charge on any atom is 0.355 e. The Kier molecular flexibility index (Phi) is 5.94. The maximum absolute atomic E-state index is 12.2. The molecule has 1 N–H and O–H groups in total. The van der Waals surface area contributed by atoms with E-state index in [1.807, 2.05) is 30.3 Å². The van der Waals surface area contributed by atoms with Gasteiger partial charge in [-0.25, -0.2) is 4.79 Å². The summed E-state index contributed by atoms with van der Waals surface area (Å²) in [6.45, 7) is 1.45. The highest BCUT2D eigenvalue weighted by atomic mass is 35.5. The van der Waals surface area contributed by atoms with Crippen molar-refractivity contribution >= 4 is 29.6 Å². The zero-order valence-electron chi connectivity index (χ0n) is 12.6. The van der Waals surface area contributed by atoms with Crippen LogP contribution in [0.5, 0.6) is 0 Å². The Balaban J connectivity index is 2.16. The predicted octanol–water partition coefficient (Wildman–Crippen LogP) is 3.56. The van der Waals surface area contributed by atoms with Gasteiger partial charge in [-0.1, -0.05) is 60.1 Å². The van der Waals surface area contributed by atoms with Crippen LogP contribution in [-0.4, -0.2) is 11.9 Å². The van der Waals surface area contributed by atoms with E-state index in [-0.39, 0.29) is 18.2 Å². The van der Waals surface area contributed by atoms with Gasteiger partial charge in [0.05, 0.1) is 0 Å². The van der Waals surface area contributed by atoms with Gasteiger partial charge in [-0.3, -0.25) is 4.79 Å². The molecular formula is C18H16ClNO3. The van der Waals surface area contributed by atoms with Crippen molar-refractivity contribution in [2.45, 2.75) is 13.5 Å². The first-order chi connectivity index (χ1) is 11.1. The molecule has 0 saturated heterocycles. The van der Waals surface area contributed by atoms with Gasteiger partial charge in [-0.15, -0.1) is 0 Å². The van der Waals surface area contributed by atoms with Crippen LogP contribution in [0.4, 0.5) is 0 Å². The molecule has 2 rings (SSSR count). The van der Waals surface area contributed by atoms with Crippen molar-refractivity contribution in [3.8, 4) is 0 Å². The molecule has 118 valence electrons. The van der Waals surface area contributed by atoms with E-state index in [1.54, 1.807) is 24.3 Å². The summed E-state index contributed by atoms with van der Waals surface area (Å²) < 4.78 is 5.24. The van der Waals surface area contributed by atoms with Gasteiger partial charge >= 0.3 is 5.97 Å². The first kappa shape index (κ1) is 16.8. The molecule has 1 amide bonds. The normalized spacial score (nSPS) is 11.0. The Labute approximate surface area is 139 Å². The fraction of sp³-hybridized carbons (Fsp3) is 0.111. The van der Waals surface area contributed by atoms with Gasteiger partial charge in [0, 0.05) is 11.9 Å². The SMILES string of the molecule is CC(=O)N/C(=C\c1ccccc1Cl)C(=O)OCc1ccccc1. The predicted molar refractivity (Wildman–Crippen MR) is 89.5 cm³/mol. The molecular weight excluding hydrogens is 314 g/mol. The topological polar surface area (TPSA) is 55.4 Å². The monoisotopic (exact) mass is 329 g/mol. The highest BCUT2D eigenvalue weighted by molar-refractivity contribution is 6.32. The second kappa shape index (κ2) is 8.15. The minimum atomic E-state index is -0.621. The molecule has 0 heterocycles. The number of hydrogen-bond acceptors (Lipinski definition) is 3. The molecule has 0 bridgehead atoms. The van der Waals surface area contributed by atoms with Crippen molar-refractivity contribution < 1.29 is 14.3 Å². The van der Waals surface area contributed by atoms with Crippen molar-refractivity contribution in [2.24, 2.45) is 0 Å². The molecule has 5 heteroatoms. The van der Waals surface area contributed by atoms with Gasteiger partial charge in [0.2, 0.25) is 5.91 Å². The molecule has 0 radical (unpaired) electrons. The Morgan fingerprint density at radius 3 is 2.39 bits per heavy atom. The van der Waals surface area contributed by atoms with E-state index in [0.717, 1.165) is 5.56 Å². The summed E-state index contributed by atoms with van der Waals surface area (Å²) in [4.78, 5) is 23.5. The zero-order chi connectivity index (χ0) is 16.7. The third-order valence-electron chi connectivity index (χ3n) is 2.95. The molecule has 0 spiro atoms. The Morgan fingerprint density at radius 2 is 1.74 bits per heavy atom. The largest absolute Gasteiger partial charge is 0.456 e. The lowest BCUT2D eigenvalue weighted by Crippen LogP contribution is -2.26. The molecule has 4 nitrogen and oxygen atoms in total. The molecule has 0 unspecified atom stereocenters. The van der Waals surface area contributed by atoms with Gasteiger partial charge in [-0.2, -0.15) is 0 Å². The Morgan fingerprint density at radius 1 is 1.09 bits per heavy atom. The fourth-order valence-electron chi connectivity index (χ4n) is 1.88. The highest BCUT2D eigenvalue weighted by Crippen LogP contribution is 2.18. The number of benzene rings is 2. The van der Waals surface area contributed by atoms with Gasteiger partial charge in [0.15, 0.2) is 0 Å². The molecule has 0 fully saturated rings. The van der Waals surface area contributed by atoms with Gasteiger partial charge in [0.25, 0.3) is 0 Å². The average molecular weight is 330 g/mol. The minimum absolute atomic E-state index is 0.0431. The van der Waals surface area contributed by atoms with Crippen LogP contribution >= 0.6 is 11.6 Å². The average Bonchev–Trinajstić information content (AvgIpc) is 2.54. The summed E-state index contributed by atoms with van der Waals surface area (Å²) in [5, 5.41) is 2.96. The van der Waals surface area contributed by atoms with Gasteiger partial charge in [-0.05, 0) is 23.3 Å². The van der Waals surface area contributed by atoms with Gasteiger partial charge in [0.1, 0.15) is 12.3 Å². The van der Waals surface area contributed by atoms with Crippen LogP contribution in [0, 0.1) is 0 Å². The second-order valence-electron chi connectivity index (χ2n) is 4.82. The molecule has 0 aliphatic heterocycles. The molecule has 0 atom stereocenters. The zero-order valence-corrected chi connectivity index (χ0v) is 13.3. The van der Waals surface area contributed by atoms with Crippen LogP contribution in [0.25, 0.3) is 6.08 Å². The summed E-state index contributed by atoms with van der Waals surface area (Å²) >= 11 is 6.07. The molecule has 0 aliphatic carbocycles. The number of ether oxygens (including phenoxy) is 1. The summed E-state index contributed by atoms with van der Waals surface area (Å²) in [7, 11) is 0. The number of nitrogens with one attached hydrogen (secondary N) is 1. The fourth-order valence-corrected chi connectivity index (χ4v) is 2.07. The molecule has 0 aromatic heterocycles. The lowest BCUT2D eigenvalue weighted by molar-refractivity contribution is -0.141. The number of halogens is 1. The van der Waals surface area contributed by atoms with E-state index < -0.39 is 5.97 Å². The van der Waals surface area contributed by atoms with E-state index in [4.69, 9.17) is 16.3 Å². The molecule has 0 aliphatic rings. The molecule has 2 aromatic carbocycles. The number of esters is 1. The van der Waals surface area contributed by atoms with Crippen LogP contribution in [0.1, 0.15) is 18.1 Å². The second-order valence-corrected chi connectivity index (χ2v) is 5.23. The molecule has 2 aromatic rings. The number of carbonyl (C=O) groups excluding carboxylic acids is 2. The van der Waals surface area contributed by atoms with Crippen LogP contribution < -0.4 is 5.32 Å². The number of rotatable bonds is 5. The quantitative estimate of drug-likeness (QED) is 0.674. The number of amides is 1. The van der Waals surface area contributed by atoms with E-state index in [9.17, 15) is 9.59 Å². The van der Waals surface area contributed by atoms with Gasteiger partial charge < -0.3 is 10.1 Å². The van der Waals surface area contributed by atoms with Crippen LogP contribution in [-0.2, 0) is 20.9 Å². The van der Waals surface area contributed by atoms with Crippen LogP contribution in [0.3, 0.4) is 0 Å². The number of carbonyl (C=O) groups is 2. The Hall–Kier alpha value is -2.59. The highest BCUT2D eigenvalue weighted by Gasteiger charge is 2.13. The van der Waals surface area contributed by atoms with E-state index in [0.29, 0.717) is 10.6 Å². The third-order valence-corrected chi connectivity index (χ3v) is 3.29. The smallest absolute Gasteiger partial charge is 0.355 e. The molecule has 23 heavy (non-hydrogen) atoms. The van der Waals surface area contributed by atoms with Crippen molar-refractivity contribution in [2.75, 3.05) is 0 Å². The minimum Gasteiger partial charge on any atom is -0.456 e. The first-order valence-corrected chi connectivity index (χ1v) is 7.39. The van der Waals surface area contributed by atoms with Crippen molar-refractivity contribution in [3.63, 3.8) is 0 Å². The van der Waals surface area contributed by atoms with Crippen LogP contribution in [0.15, 0.2) is 60.3 Å². The van der Waals surface area contributed by atoms with E-state index in [2.05, 4.69) is 5.32 Å². The third kappa shape index (κ3) is 5.27. The molecule has 0 saturated carbocycles. The van der Waals surface area contributed by atoms with Crippen LogP contribution in [0.2, 0.25) is 5.02 Å².